The normalized spacial score (nSPS) is 10.8. The lowest BCUT2D eigenvalue weighted by Gasteiger charge is -2.07. The first-order valence-corrected chi connectivity index (χ1v) is 7.09. The number of benzene rings is 1. The standard InChI is InChI=1S/C14H9F2N3O2S/c15-8-3-9(16)5-10(4-8)18-12(20)6-19-7-17-13-11(14(19)21)1-2-22-13/h1-5,7H,6H2,(H,18,20). The minimum Gasteiger partial charge on any atom is -0.324 e. The molecule has 0 bridgehead atoms. The van der Waals surface area contributed by atoms with E-state index in [1.807, 2.05) is 0 Å². The number of carbonyl (C=O) groups is 1. The quantitative estimate of drug-likeness (QED) is 0.805. The van der Waals surface area contributed by atoms with E-state index in [0.29, 0.717) is 16.3 Å². The van der Waals surface area contributed by atoms with Gasteiger partial charge in [0.05, 0.1) is 11.7 Å². The van der Waals surface area contributed by atoms with Crippen LogP contribution in [0.25, 0.3) is 10.2 Å². The van der Waals surface area contributed by atoms with Gasteiger partial charge in [0.15, 0.2) is 0 Å². The van der Waals surface area contributed by atoms with Gasteiger partial charge in [0.2, 0.25) is 5.91 Å². The lowest BCUT2D eigenvalue weighted by atomic mass is 10.3. The van der Waals surface area contributed by atoms with Gasteiger partial charge >= 0.3 is 0 Å². The van der Waals surface area contributed by atoms with Crippen molar-refractivity contribution in [3.05, 3.63) is 58.0 Å². The van der Waals surface area contributed by atoms with Crippen molar-refractivity contribution in [3.63, 3.8) is 0 Å². The summed E-state index contributed by atoms with van der Waals surface area (Å²) >= 11 is 1.33. The number of hydrogen-bond donors (Lipinski definition) is 1. The van der Waals surface area contributed by atoms with E-state index in [4.69, 9.17) is 0 Å². The smallest absolute Gasteiger partial charge is 0.262 e. The molecule has 8 heteroatoms. The van der Waals surface area contributed by atoms with Crippen molar-refractivity contribution in [2.75, 3.05) is 5.32 Å². The molecule has 0 saturated heterocycles. The summed E-state index contributed by atoms with van der Waals surface area (Å²) in [7, 11) is 0. The van der Waals surface area contributed by atoms with Gasteiger partial charge in [-0.15, -0.1) is 11.3 Å². The topological polar surface area (TPSA) is 64.0 Å². The summed E-state index contributed by atoms with van der Waals surface area (Å²) in [4.78, 5) is 28.7. The lowest BCUT2D eigenvalue weighted by Crippen LogP contribution is -2.27. The van der Waals surface area contributed by atoms with E-state index in [2.05, 4.69) is 10.3 Å². The molecule has 1 amide bonds. The Morgan fingerprint density at radius 2 is 2.00 bits per heavy atom. The highest BCUT2D eigenvalue weighted by Gasteiger charge is 2.10. The summed E-state index contributed by atoms with van der Waals surface area (Å²) in [6, 6.07) is 4.31. The monoisotopic (exact) mass is 321 g/mol. The van der Waals surface area contributed by atoms with Gasteiger partial charge in [-0.3, -0.25) is 14.2 Å². The number of nitrogens with zero attached hydrogens (tertiary/aromatic N) is 2. The molecule has 0 aliphatic carbocycles. The van der Waals surface area contributed by atoms with Crippen molar-refractivity contribution >= 4 is 33.1 Å². The number of amides is 1. The summed E-state index contributed by atoms with van der Waals surface area (Å²) in [6.07, 6.45) is 1.27. The van der Waals surface area contributed by atoms with Crippen LogP contribution in [0.5, 0.6) is 0 Å². The van der Waals surface area contributed by atoms with Crippen molar-refractivity contribution in [2.24, 2.45) is 0 Å². The van der Waals surface area contributed by atoms with Crippen LogP contribution in [-0.2, 0) is 11.3 Å². The zero-order chi connectivity index (χ0) is 15.7. The fourth-order valence-corrected chi connectivity index (χ4v) is 2.71. The number of fused-ring (bicyclic) bond motifs is 1. The number of hydrogen-bond acceptors (Lipinski definition) is 4. The molecule has 0 aliphatic rings. The van der Waals surface area contributed by atoms with Gasteiger partial charge in [-0.05, 0) is 23.6 Å². The first-order chi connectivity index (χ1) is 10.5. The molecule has 112 valence electrons. The van der Waals surface area contributed by atoms with Crippen molar-refractivity contribution in [2.45, 2.75) is 6.54 Å². The maximum Gasteiger partial charge on any atom is 0.262 e. The van der Waals surface area contributed by atoms with E-state index < -0.39 is 17.5 Å². The van der Waals surface area contributed by atoms with Gasteiger partial charge in [0.1, 0.15) is 23.0 Å². The van der Waals surface area contributed by atoms with Crippen LogP contribution in [0.2, 0.25) is 0 Å². The highest BCUT2D eigenvalue weighted by atomic mass is 32.1. The van der Waals surface area contributed by atoms with E-state index in [1.165, 1.54) is 17.7 Å². The van der Waals surface area contributed by atoms with Crippen LogP contribution in [0.1, 0.15) is 0 Å². The van der Waals surface area contributed by atoms with Gasteiger partial charge in [-0.2, -0.15) is 0 Å². The molecule has 5 nitrogen and oxygen atoms in total. The zero-order valence-corrected chi connectivity index (χ0v) is 11.9. The van der Waals surface area contributed by atoms with Crippen LogP contribution in [0, 0.1) is 11.6 Å². The molecule has 22 heavy (non-hydrogen) atoms. The van der Waals surface area contributed by atoms with Crippen molar-refractivity contribution in [1.29, 1.82) is 0 Å². The largest absolute Gasteiger partial charge is 0.324 e. The maximum absolute atomic E-state index is 13.1. The van der Waals surface area contributed by atoms with E-state index >= 15 is 0 Å². The number of thiophene rings is 1. The number of nitrogens with one attached hydrogen (secondary N) is 1. The van der Waals surface area contributed by atoms with Crippen molar-refractivity contribution in [1.82, 2.24) is 9.55 Å². The van der Waals surface area contributed by atoms with E-state index in [1.54, 1.807) is 11.4 Å². The predicted octanol–water partition coefficient (Wildman–Crippen LogP) is 2.37. The lowest BCUT2D eigenvalue weighted by molar-refractivity contribution is -0.116. The maximum atomic E-state index is 13.1. The fourth-order valence-electron chi connectivity index (χ4n) is 1.99. The molecule has 0 spiro atoms. The van der Waals surface area contributed by atoms with Gasteiger partial charge in [-0.25, -0.2) is 13.8 Å². The molecular weight excluding hydrogens is 312 g/mol. The summed E-state index contributed by atoms with van der Waals surface area (Å²) in [5.41, 5.74) is -0.355. The summed E-state index contributed by atoms with van der Waals surface area (Å²) < 4.78 is 27.2. The molecule has 3 aromatic rings. The number of carbonyl (C=O) groups excluding carboxylic acids is 1. The Morgan fingerprint density at radius 3 is 2.73 bits per heavy atom. The Kier molecular flexibility index (Phi) is 3.68. The Hall–Kier alpha value is -2.61. The highest BCUT2D eigenvalue weighted by Crippen LogP contribution is 2.14. The number of aromatic nitrogens is 2. The fraction of sp³-hybridized carbons (Fsp3) is 0.0714. The first kappa shape index (κ1) is 14.3. The van der Waals surface area contributed by atoms with E-state index in [-0.39, 0.29) is 17.8 Å². The second-order valence-corrected chi connectivity index (χ2v) is 5.42. The molecule has 2 heterocycles. The number of rotatable bonds is 3. The zero-order valence-electron chi connectivity index (χ0n) is 11.0. The van der Waals surface area contributed by atoms with Crippen LogP contribution in [0.15, 0.2) is 40.8 Å². The minimum atomic E-state index is -0.797. The Bertz CT molecular complexity index is 900. The Balaban J connectivity index is 1.81. The van der Waals surface area contributed by atoms with Crippen LogP contribution >= 0.6 is 11.3 Å². The minimum absolute atomic E-state index is 0.0138. The van der Waals surface area contributed by atoms with Crippen LogP contribution in [0.3, 0.4) is 0 Å². The SMILES string of the molecule is O=C(Cn1cnc2sccc2c1=O)Nc1cc(F)cc(F)c1. The van der Waals surface area contributed by atoms with Gasteiger partial charge in [0, 0.05) is 11.8 Å². The number of halogens is 2. The summed E-state index contributed by atoms with van der Waals surface area (Å²) in [5.74, 6) is -2.17. The Morgan fingerprint density at radius 1 is 1.27 bits per heavy atom. The molecule has 0 aliphatic heterocycles. The molecule has 0 radical (unpaired) electrons. The third kappa shape index (κ3) is 2.86. The van der Waals surface area contributed by atoms with Gasteiger partial charge in [-0.1, -0.05) is 0 Å². The molecule has 3 rings (SSSR count). The van der Waals surface area contributed by atoms with Crippen LogP contribution in [0.4, 0.5) is 14.5 Å². The second-order valence-electron chi connectivity index (χ2n) is 4.52. The third-order valence-electron chi connectivity index (χ3n) is 2.91. The molecule has 1 N–H and O–H groups in total. The van der Waals surface area contributed by atoms with Gasteiger partial charge in [0.25, 0.3) is 5.56 Å². The number of anilines is 1. The third-order valence-corrected chi connectivity index (χ3v) is 3.73. The summed E-state index contributed by atoms with van der Waals surface area (Å²) in [5, 5.41) is 4.50. The molecule has 0 fully saturated rings. The first-order valence-electron chi connectivity index (χ1n) is 6.21. The van der Waals surface area contributed by atoms with E-state index in [9.17, 15) is 18.4 Å². The van der Waals surface area contributed by atoms with Crippen LogP contribution < -0.4 is 10.9 Å². The van der Waals surface area contributed by atoms with Crippen LogP contribution in [-0.4, -0.2) is 15.5 Å². The van der Waals surface area contributed by atoms with E-state index in [0.717, 1.165) is 16.7 Å². The molecule has 0 saturated carbocycles. The molecular formula is C14H9F2N3O2S. The highest BCUT2D eigenvalue weighted by molar-refractivity contribution is 7.16. The van der Waals surface area contributed by atoms with Crippen molar-refractivity contribution < 1.29 is 13.6 Å². The molecule has 0 unspecified atom stereocenters. The Labute approximate surface area is 126 Å². The van der Waals surface area contributed by atoms with Gasteiger partial charge < -0.3 is 5.32 Å². The predicted molar refractivity (Wildman–Crippen MR) is 78.9 cm³/mol. The second kappa shape index (κ2) is 5.64. The average Bonchev–Trinajstić information content (AvgIpc) is 2.90. The average molecular weight is 321 g/mol. The van der Waals surface area contributed by atoms with Crippen molar-refractivity contribution in [3.8, 4) is 0 Å². The molecule has 1 aromatic carbocycles. The summed E-state index contributed by atoms with van der Waals surface area (Å²) in [6.45, 7) is -0.296. The molecule has 2 aromatic heterocycles. The molecule has 0 atom stereocenters.